The quantitative estimate of drug-likeness (QED) is 0.396. The van der Waals surface area contributed by atoms with Crippen molar-refractivity contribution in [3.8, 4) is 0 Å². The molecule has 1 aromatic carbocycles. The van der Waals surface area contributed by atoms with Crippen LogP contribution in [0, 0.1) is 0 Å². The number of rotatable bonds is 3. The topological polar surface area (TPSA) is 17.1 Å². The van der Waals surface area contributed by atoms with Gasteiger partial charge in [0.1, 0.15) is 4.34 Å². The number of hydrogen-bond acceptors (Lipinski definition) is 3. The molecule has 3 aromatic rings. The molecule has 0 N–H and O–H groups in total. The molecule has 2 aromatic heterocycles. The van der Waals surface area contributed by atoms with Crippen LogP contribution in [0.1, 0.15) is 15.9 Å². The molecule has 6 heteroatoms. The number of ketones is 1. The summed E-state index contributed by atoms with van der Waals surface area (Å²) >= 11 is 15.8. The van der Waals surface area contributed by atoms with E-state index >= 15 is 0 Å². The van der Waals surface area contributed by atoms with Gasteiger partial charge in [0.2, 0.25) is 0 Å². The van der Waals surface area contributed by atoms with Crippen LogP contribution < -0.4 is 5.19 Å². The number of fused-ring (bicyclic) bond motifs is 1. The molecule has 0 unspecified atom stereocenters. The molecule has 0 spiro atoms. The highest BCUT2D eigenvalue weighted by atomic mass is 35.5. The minimum atomic E-state index is -1.59. The second-order valence-corrected chi connectivity index (χ2v) is 14.4. The van der Waals surface area contributed by atoms with Gasteiger partial charge in [0, 0.05) is 10.3 Å². The Morgan fingerprint density at radius 1 is 0.955 bits per heavy atom. The number of halogens is 2. The second-order valence-electron chi connectivity index (χ2n) is 6.10. The van der Waals surface area contributed by atoms with E-state index in [0.717, 1.165) is 13.7 Å². The predicted octanol–water partition coefficient (Wildman–Crippen LogP) is 6.05. The minimum absolute atomic E-state index is 0.0307. The summed E-state index contributed by atoms with van der Waals surface area (Å²) in [4.78, 5) is 12.8. The van der Waals surface area contributed by atoms with Gasteiger partial charge in [0.25, 0.3) is 0 Å². The van der Waals surface area contributed by atoms with Gasteiger partial charge in [0.15, 0.2) is 5.78 Å². The summed E-state index contributed by atoms with van der Waals surface area (Å²) in [7, 11) is -1.59. The summed E-state index contributed by atoms with van der Waals surface area (Å²) in [6.45, 7) is 6.77. The SMILES string of the molecule is C[Si](C)(C)c1c(Cl)sc2c(C(=O)c3ccccc3)c(Cl)sc12. The van der Waals surface area contributed by atoms with Crippen LogP contribution in [0.5, 0.6) is 0 Å². The molecule has 2 heterocycles. The molecule has 0 saturated carbocycles. The summed E-state index contributed by atoms with van der Waals surface area (Å²) in [5.41, 5.74) is 1.26. The van der Waals surface area contributed by atoms with E-state index in [-0.39, 0.29) is 5.78 Å². The number of hydrogen-bond donors (Lipinski definition) is 0. The Balaban J connectivity index is 2.24. The van der Waals surface area contributed by atoms with Crippen molar-refractivity contribution in [3.63, 3.8) is 0 Å². The van der Waals surface area contributed by atoms with E-state index < -0.39 is 8.07 Å². The zero-order chi connectivity index (χ0) is 16.1. The third kappa shape index (κ3) is 2.67. The van der Waals surface area contributed by atoms with Crippen LogP contribution >= 0.6 is 45.9 Å². The number of carbonyl (C=O) groups excluding carboxylic acids is 1. The highest BCUT2D eigenvalue weighted by molar-refractivity contribution is 7.35. The first-order chi connectivity index (χ1) is 10.3. The normalized spacial score (nSPS) is 12.0. The van der Waals surface area contributed by atoms with Crippen molar-refractivity contribution in [2.45, 2.75) is 19.6 Å². The van der Waals surface area contributed by atoms with Gasteiger partial charge in [-0.25, -0.2) is 0 Å². The maximum absolute atomic E-state index is 12.8. The number of benzene rings is 1. The Morgan fingerprint density at radius 3 is 2.14 bits per heavy atom. The molecule has 0 aliphatic carbocycles. The fourth-order valence-corrected chi connectivity index (χ4v) is 9.90. The van der Waals surface area contributed by atoms with Crippen LogP contribution in [0.3, 0.4) is 0 Å². The van der Waals surface area contributed by atoms with Crippen LogP contribution in [0.2, 0.25) is 28.3 Å². The first-order valence-electron chi connectivity index (χ1n) is 6.81. The lowest BCUT2D eigenvalue weighted by atomic mass is 10.1. The Bertz CT molecular complexity index is 860. The van der Waals surface area contributed by atoms with E-state index in [1.54, 1.807) is 0 Å². The fraction of sp³-hybridized carbons (Fsp3) is 0.188. The molecular weight excluding hydrogens is 371 g/mol. The Hall–Kier alpha value is -0.653. The molecule has 0 radical (unpaired) electrons. The molecule has 114 valence electrons. The van der Waals surface area contributed by atoms with Crippen molar-refractivity contribution >= 4 is 74.3 Å². The van der Waals surface area contributed by atoms with E-state index in [4.69, 9.17) is 23.2 Å². The predicted molar refractivity (Wildman–Crippen MR) is 103 cm³/mol. The molecule has 0 saturated heterocycles. The molecule has 0 fully saturated rings. The maximum Gasteiger partial charge on any atom is 0.196 e. The van der Waals surface area contributed by atoms with Crippen molar-refractivity contribution < 1.29 is 4.79 Å². The van der Waals surface area contributed by atoms with Crippen molar-refractivity contribution in [3.05, 3.63) is 50.1 Å². The third-order valence-electron chi connectivity index (χ3n) is 3.45. The van der Waals surface area contributed by atoms with Crippen LogP contribution in [0.15, 0.2) is 30.3 Å². The van der Waals surface area contributed by atoms with E-state index in [1.807, 2.05) is 30.3 Å². The second kappa shape index (κ2) is 5.76. The summed E-state index contributed by atoms with van der Waals surface area (Å²) < 4.78 is 3.40. The molecule has 0 aliphatic heterocycles. The van der Waals surface area contributed by atoms with Gasteiger partial charge in [-0.1, -0.05) is 73.2 Å². The van der Waals surface area contributed by atoms with Crippen molar-refractivity contribution in [1.29, 1.82) is 0 Å². The molecule has 0 atom stereocenters. The third-order valence-corrected chi connectivity index (χ3v) is 8.93. The molecule has 1 nitrogen and oxygen atoms in total. The highest BCUT2D eigenvalue weighted by Gasteiger charge is 2.30. The molecule has 3 rings (SSSR count). The van der Waals surface area contributed by atoms with Gasteiger partial charge in [-0.2, -0.15) is 0 Å². The monoisotopic (exact) mass is 384 g/mol. The van der Waals surface area contributed by atoms with Crippen LogP contribution in [0.25, 0.3) is 9.40 Å². The van der Waals surface area contributed by atoms with Gasteiger partial charge >= 0.3 is 0 Å². The molecule has 0 amide bonds. The zero-order valence-electron chi connectivity index (χ0n) is 12.4. The smallest absolute Gasteiger partial charge is 0.196 e. The van der Waals surface area contributed by atoms with Gasteiger partial charge in [-0.05, 0) is 5.19 Å². The highest BCUT2D eigenvalue weighted by Crippen LogP contribution is 2.43. The lowest BCUT2D eigenvalue weighted by Crippen LogP contribution is -2.37. The lowest BCUT2D eigenvalue weighted by Gasteiger charge is -2.14. The van der Waals surface area contributed by atoms with E-state index in [9.17, 15) is 4.79 Å². The summed E-state index contributed by atoms with van der Waals surface area (Å²) in [5.74, 6) is -0.0307. The molecular formula is C16H14Cl2OS2Si. The Labute approximate surface area is 148 Å². The van der Waals surface area contributed by atoms with E-state index in [2.05, 4.69) is 19.6 Å². The first-order valence-corrected chi connectivity index (χ1v) is 12.7. The molecule has 0 aliphatic rings. The Kier molecular flexibility index (Phi) is 4.25. The first kappa shape index (κ1) is 16.2. The number of carbonyl (C=O) groups is 1. The molecule has 22 heavy (non-hydrogen) atoms. The fourth-order valence-electron chi connectivity index (χ4n) is 2.44. The van der Waals surface area contributed by atoms with Crippen molar-refractivity contribution in [2.24, 2.45) is 0 Å². The number of thiophene rings is 2. The maximum atomic E-state index is 12.8. The lowest BCUT2D eigenvalue weighted by molar-refractivity contribution is 0.104. The molecule has 0 bridgehead atoms. The van der Waals surface area contributed by atoms with Crippen molar-refractivity contribution in [2.75, 3.05) is 0 Å². The average Bonchev–Trinajstić information content (AvgIpc) is 2.90. The van der Waals surface area contributed by atoms with Gasteiger partial charge in [-0.15, -0.1) is 22.7 Å². The largest absolute Gasteiger partial charge is 0.288 e. The Morgan fingerprint density at radius 2 is 1.55 bits per heavy atom. The van der Waals surface area contributed by atoms with Crippen LogP contribution in [0.4, 0.5) is 0 Å². The van der Waals surface area contributed by atoms with Crippen LogP contribution in [-0.2, 0) is 0 Å². The van der Waals surface area contributed by atoms with Crippen molar-refractivity contribution in [1.82, 2.24) is 0 Å². The summed E-state index contributed by atoms with van der Waals surface area (Å²) in [5, 5.41) is 1.22. The van der Waals surface area contributed by atoms with Gasteiger partial charge < -0.3 is 0 Å². The minimum Gasteiger partial charge on any atom is -0.288 e. The zero-order valence-corrected chi connectivity index (χ0v) is 16.5. The van der Waals surface area contributed by atoms with Gasteiger partial charge in [-0.3, -0.25) is 4.79 Å². The van der Waals surface area contributed by atoms with E-state index in [0.29, 0.717) is 15.5 Å². The summed E-state index contributed by atoms with van der Waals surface area (Å²) in [6.07, 6.45) is 0. The van der Waals surface area contributed by atoms with Gasteiger partial charge in [0.05, 0.1) is 22.7 Å². The standard InChI is InChI=1S/C16H14Cl2OS2Si/c1-22(2,3)14-13-12(20-16(14)18)10(15(17)21-13)11(19)9-7-5-4-6-8-9/h4-8H,1-3H3. The van der Waals surface area contributed by atoms with E-state index in [1.165, 1.54) is 27.9 Å². The summed E-state index contributed by atoms with van der Waals surface area (Å²) in [6, 6.07) is 9.25. The van der Waals surface area contributed by atoms with Crippen LogP contribution in [-0.4, -0.2) is 13.9 Å². The average molecular weight is 385 g/mol.